The summed E-state index contributed by atoms with van der Waals surface area (Å²) in [6, 6.07) is 13.6. The maximum Gasteiger partial charge on any atom is 0.263 e. The van der Waals surface area contributed by atoms with E-state index in [-0.39, 0.29) is 15.9 Å². The lowest BCUT2D eigenvalue weighted by Crippen LogP contribution is -2.22. The first-order valence-electron chi connectivity index (χ1n) is 9.15. The zero-order chi connectivity index (χ0) is 22.0. The van der Waals surface area contributed by atoms with E-state index in [0.29, 0.717) is 15.9 Å². The van der Waals surface area contributed by atoms with E-state index in [1.54, 1.807) is 13.8 Å². The predicted molar refractivity (Wildman–Crippen MR) is 122 cm³/mol. The van der Waals surface area contributed by atoms with Gasteiger partial charge in [0.2, 0.25) is 11.0 Å². The molecule has 160 valence electrons. The Morgan fingerprint density at radius 1 is 1.13 bits per heavy atom. The van der Waals surface area contributed by atoms with Crippen LogP contribution >= 0.6 is 23.1 Å². The third-order valence-electron chi connectivity index (χ3n) is 4.21. The largest absolute Gasteiger partial charge is 0.333 e. The predicted octanol–water partition coefficient (Wildman–Crippen LogP) is 3.64. The van der Waals surface area contributed by atoms with Crippen molar-refractivity contribution >= 4 is 60.9 Å². The van der Waals surface area contributed by atoms with E-state index in [0.717, 1.165) is 22.4 Å². The highest BCUT2D eigenvalue weighted by atomic mass is 32.2. The smallest absolute Gasteiger partial charge is 0.263 e. The molecular formula is C19H18N6O3S3. The van der Waals surface area contributed by atoms with Crippen LogP contribution < -0.4 is 10.0 Å². The van der Waals surface area contributed by atoms with E-state index in [9.17, 15) is 13.2 Å². The number of nitrogens with zero attached hydrogens (tertiary/aromatic N) is 3. The van der Waals surface area contributed by atoms with Gasteiger partial charge in [0.1, 0.15) is 5.01 Å². The summed E-state index contributed by atoms with van der Waals surface area (Å²) in [5.41, 5.74) is 2.24. The molecule has 1 unspecified atom stereocenters. The molecule has 0 aliphatic carbocycles. The Balaban J connectivity index is 1.39. The third-order valence-corrected chi connectivity index (χ3v) is 7.43. The molecule has 2 heterocycles. The van der Waals surface area contributed by atoms with Crippen molar-refractivity contribution in [3.05, 3.63) is 53.5 Å². The molecule has 0 bridgehead atoms. The minimum absolute atomic E-state index is 0.0584. The number of nitrogens with one attached hydrogen (secondary N) is 3. The van der Waals surface area contributed by atoms with Crippen LogP contribution in [0.2, 0.25) is 0 Å². The fraction of sp³-hybridized carbons (Fsp3) is 0.158. The first-order valence-corrected chi connectivity index (χ1v) is 12.3. The molecule has 1 amide bonds. The first kappa shape index (κ1) is 21.3. The molecule has 4 aromatic rings. The SMILES string of the molecule is Cc1nnc(NS(=O)(=O)c2ccc(NC(=O)C(C)Sc3nc4ccccc4[nH]3)cc2)s1. The summed E-state index contributed by atoms with van der Waals surface area (Å²) < 4.78 is 27.3. The fourth-order valence-electron chi connectivity index (χ4n) is 2.68. The number of rotatable bonds is 7. The molecule has 0 saturated carbocycles. The standard InChI is InChI=1S/C19H18N6O3S3/c1-11(29-18-21-15-5-3-4-6-16(15)22-18)17(26)20-13-7-9-14(10-8-13)31(27,28)25-19-24-23-12(2)30-19/h3-11H,1-2H3,(H,20,26)(H,21,22)(H,24,25). The number of H-pyrrole nitrogens is 1. The number of aromatic amines is 1. The van der Waals surface area contributed by atoms with Gasteiger partial charge in [0.25, 0.3) is 10.0 Å². The fourth-order valence-corrected chi connectivity index (χ4v) is 5.32. The van der Waals surface area contributed by atoms with E-state index >= 15 is 0 Å². The van der Waals surface area contributed by atoms with Gasteiger partial charge in [0.05, 0.1) is 21.2 Å². The minimum atomic E-state index is -3.79. The van der Waals surface area contributed by atoms with Gasteiger partial charge in [-0.25, -0.2) is 13.4 Å². The Morgan fingerprint density at radius 2 is 1.87 bits per heavy atom. The third kappa shape index (κ3) is 5.03. The number of imidazole rings is 1. The van der Waals surface area contributed by atoms with Crippen molar-refractivity contribution in [1.29, 1.82) is 0 Å². The van der Waals surface area contributed by atoms with Crippen molar-refractivity contribution in [2.45, 2.75) is 29.1 Å². The summed E-state index contributed by atoms with van der Waals surface area (Å²) in [4.78, 5) is 20.2. The quantitative estimate of drug-likeness (QED) is 0.349. The van der Waals surface area contributed by atoms with E-state index in [1.807, 2.05) is 24.3 Å². The summed E-state index contributed by atoms with van der Waals surface area (Å²) in [5, 5.41) is 11.4. The highest BCUT2D eigenvalue weighted by molar-refractivity contribution is 8.00. The summed E-state index contributed by atoms with van der Waals surface area (Å²) in [6.45, 7) is 3.51. The van der Waals surface area contributed by atoms with Crippen LogP contribution in [0, 0.1) is 6.92 Å². The first-order chi connectivity index (χ1) is 14.8. The number of hydrogen-bond acceptors (Lipinski definition) is 8. The molecule has 3 N–H and O–H groups in total. The average Bonchev–Trinajstić information content (AvgIpc) is 3.32. The summed E-state index contributed by atoms with van der Waals surface area (Å²) >= 11 is 2.46. The van der Waals surface area contributed by atoms with Crippen molar-refractivity contribution in [3.8, 4) is 0 Å². The van der Waals surface area contributed by atoms with Crippen LogP contribution in [-0.4, -0.2) is 39.7 Å². The van der Waals surface area contributed by atoms with E-state index in [1.165, 1.54) is 36.0 Å². The number of para-hydroxylation sites is 2. The van der Waals surface area contributed by atoms with Crippen LogP contribution in [0.4, 0.5) is 10.8 Å². The molecule has 2 aromatic carbocycles. The second-order valence-corrected chi connectivity index (χ2v) is 10.8. The number of amides is 1. The molecule has 0 saturated heterocycles. The van der Waals surface area contributed by atoms with E-state index in [2.05, 4.69) is 30.2 Å². The molecule has 2 aromatic heterocycles. The molecule has 0 fully saturated rings. The normalized spacial score (nSPS) is 12.6. The van der Waals surface area contributed by atoms with Gasteiger partial charge in [-0.05, 0) is 50.2 Å². The summed E-state index contributed by atoms with van der Waals surface area (Å²) in [7, 11) is -3.79. The van der Waals surface area contributed by atoms with Crippen molar-refractivity contribution in [1.82, 2.24) is 20.2 Å². The molecule has 31 heavy (non-hydrogen) atoms. The molecule has 0 spiro atoms. The van der Waals surface area contributed by atoms with Gasteiger partial charge in [-0.3, -0.25) is 9.52 Å². The highest BCUT2D eigenvalue weighted by Gasteiger charge is 2.19. The van der Waals surface area contributed by atoms with Gasteiger partial charge in [-0.1, -0.05) is 35.2 Å². The molecule has 0 aliphatic heterocycles. The maximum atomic E-state index is 12.5. The van der Waals surface area contributed by atoms with Crippen LogP contribution in [0.15, 0.2) is 58.6 Å². The Bertz CT molecular complexity index is 1300. The lowest BCUT2D eigenvalue weighted by molar-refractivity contribution is -0.115. The number of fused-ring (bicyclic) bond motifs is 1. The highest BCUT2D eigenvalue weighted by Crippen LogP contribution is 2.25. The number of anilines is 2. The molecule has 0 aliphatic rings. The van der Waals surface area contributed by atoms with Gasteiger partial charge in [-0.15, -0.1) is 10.2 Å². The van der Waals surface area contributed by atoms with Gasteiger partial charge in [0.15, 0.2) is 5.16 Å². The zero-order valence-corrected chi connectivity index (χ0v) is 18.9. The molecule has 1 atom stereocenters. The van der Waals surface area contributed by atoms with E-state index in [4.69, 9.17) is 0 Å². The minimum Gasteiger partial charge on any atom is -0.333 e. The number of hydrogen-bond donors (Lipinski definition) is 3. The Kier molecular flexibility index (Phi) is 5.94. The lowest BCUT2D eigenvalue weighted by atomic mass is 10.3. The molecule has 0 radical (unpaired) electrons. The second-order valence-electron chi connectivity index (χ2n) is 6.56. The molecule has 12 heteroatoms. The molecule has 4 rings (SSSR count). The molecule has 9 nitrogen and oxygen atoms in total. The number of aromatic nitrogens is 4. The van der Waals surface area contributed by atoms with Crippen molar-refractivity contribution in [3.63, 3.8) is 0 Å². The van der Waals surface area contributed by atoms with Crippen LogP contribution in [0.3, 0.4) is 0 Å². The van der Waals surface area contributed by atoms with Gasteiger partial charge in [0, 0.05) is 5.69 Å². The summed E-state index contributed by atoms with van der Waals surface area (Å²) in [6.07, 6.45) is 0. The zero-order valence-electron chi connectivity index (χ0n) is 16.5. The van der Waals surface area contributed by atoms with Crippen molar-refractivity contribution in [2.24, 2.45) is 0 Å². The maximum absolute atomic E-state index is 12.5. The van der Waals surface area contributed by atoms with Gasteiger partial charge < -0.3 is 10.3 Å². The Labute approximate surface area is 186 Å². The number of sulfonamides is 1. The summed E-state index contributed by atoms with van der Waals surface area (Å²) in [5.74, 6) is -0.219. The topological polar surface area (TPSA) is 130 Å². The number of carbonyl (C=O) groups is 1. The number of carbonyl (C=O) groups excluding carboxylic acids is 1. The van der Waals surface area contributed by atoms with Gasteiger partial charge >= 0.3 is 0 Å². The Hall–Kier alpha value is -2.96. The average molecular weight is 475 g/mol. The van der Waals surface area contributed by atoms with Crippen LogP contribution in [0.5, 0.6) is 0 Å². The monoisotopic (exact) mass is 474 g/mol. The van der Waals surface area contributed by atoms with Crippen LogP contribution in [0.25, 0.3) is 11.0 Å². The van der Waals surface area contributed by atoms with Crippen LogP contribution in [0.1, 0.15) is 11.9 Å². The number of aryl methyl sites for hydroxylation is 1. The number of thioether (sulfide) groups is 1. The lowest BCUT2D eigenvalue weighted by Gasteiger charge is -2.11. The molecular weight excluding hydrogens is 456 g/mol. The van der Waals surface area contributed by atoms with Crippen molar-refractivity contribution < 1.29 is 13.2 Å². The van der Waals surface area contributed by atoms with Crippen LogP contribution in [-0.2, 0) is 14.8 Å². The van der Waals surface area contributed by atoms with E-state index < -0.39 is 15.3 Å². The second kappa shape index (κ2) is 8.65. The van der Waals surface area contributed by atoms with Crippen molar-refractivity contribution in [2.75, 3.05) is 10.0 Å². The van der Waals surface area contributed by atoms with Gasteiger partial charge in [-0.2, -0.15) is 0 Å². The Morgan fingerprint density at radius 3 is 2.55 bits per heavy atom. The number of benzene rings is 2.